The Morgan fingerprint density at radius 1 is 0.852 bits per heavy atom. The van der Waals surface area contributed by atoms with Crippen molar-refractivity contribution in [3.63, 3.8) is 0 Å². The van der Waals surface area contributed by atoms with Crippen LogP contribution < -0.4 is 21.1 Å². The van der Waals surface area contributed by atoms with E-state index in [1.54, 1.807) is 24.3 Å². The van der Waals surface area contributed by atoms with Gasteiger partial charge in [-0.1, -0.05) is 30.3 Å². The minimum atomic E-state index is -0.648. The molecule has 0 radical (unpaired) electrons. The van der Waals surface area contributed by atoms with Gasteiger partial charge in [0.15, 0.2) is 0 Å². The Morgan fingerprint density at radius 3 is 2.26 bits per heavy atom. The summed E-state index contributed by atoms with van der Waals surface area (Å²) < 4.78 is 5.80. The Bertz CT molecular complexity index is 925. The number of ether oxygens (including phenoxy) is 1. The van der Waals surface area contributed by atoms with Crippen molar-refractivity contribution >= 4 is 17.6 Å². The molecular weight excluding hydrogens is 342 g/mol. The first-order valence-electron chi connectivity index (χ1n) is 8.37. The molecular formula is C21H19N3O3. The van der Waals surface area contributed by atoms with Crippen LogP contribution in [0.5, 0.6) is 11.5 Å². The first-order valence-corrected chi connectivity index (χ1v) is 8.37. The van der Waals surface area contributed by atoms with Crippen molar-refractivity contribution in [2.24, 2.45) is 5.73 Å². The fourth-order valence-corrected chi connectivity index (χ4v) is 2.48. The van der Waals surface area contributed by atoms with Gasteiger partial charge in [-0.15, -0.1) is 0 Å². The molecule has 3 amide bonds. The van der Waals surface area contributed by atoms with Gasteiger partial charge in [-0.25, -0.2) is 4.79 Å². The van der Waals surface area contributed by atoms with Crippen molar-refractivity contribution < 1.29 is 14.3 Å². The first-order chi connectivity index (χ1) is 13.1. The molecule has 0 unspecified atom stereocenters. The number of nitrogens with two attached hydrogens (primary N) is 1. The number of urea groups is 1. The van der Waals surface area contributed by atoms with Gasteiger partial charge in [0.25, 0.3) is 5.91 Å². The van der Waals surface area contributed by atoms with Gasteiger partial charge < -0.3 is 21.1 Å². The van der Waals surface area contributed by atoms with Crippen LogP contribution in [0.15, 0.2) is 78.9 Å². The molecule has 136 valence electrons. The predicted octanol–water partition coefficient (Wildman–Crippen LogP) is 3.90. The van der Waals surface area contributed by atoms with E-state index in [4.69, 9.17) is 10.5 Å². The number of amides is 3. The molecule has 3 aromatic carbocycles. The maximum Gasteiger partial charge on any atom is 0.316 e. The molecule has 0 aliphatic carbocycles. The molecule has 3 aromatic rings. The van der Waals surface area contributed by atoms with E-state index >= 15 is 0 Å². The van der Waals surface area contributed by atoms with E-state index in [1.807, 2.05) is 54.6 Å². The normalized spacial score (nSPS) is 10.1. The van der Waals surface area contributed by atoms with Gasteiger partial charge in [0.1, 0.15) is 11.5 Å². The third kappa shape index (κ3) is 5.34. The third-order valence-electron chi connectivity index (χ3n) is 3.75. The molecule has 0 saturated heterocycles. The summed E-state index contributed by atoms with van der Waals surface area (Å²) in [5.74, 6) is 1.24. The molecule has 6 heteroatoms. The van der Waals surface area contributed by atoms with Crippen molar-refractivity contribution in [2.45, 2.75) is 6.54 Å². The zero-order valence-corrected chi connectivity index (χ0v) is 14.5. The van der Waals surface area contributed by atoms with Gasteiger partial charge >= 0.3 is 6.03 Å². The molecule has 0 aliphatic rings. The number of hydrogen-bond donors (Lipinski definition) is 3. The van der Waals surface area contributed by atoms with Gasteiger partial charge in [0.2, 0.25) is 0 Å². The maximum absolute atomic E-state index is 12.3. The summed E-state index contributed by atoms with van der Waals surface area (Å²) in [7, 11) is 0. The second kappa shape index (κ2) is 8.53. The summed E-state index contributed by atoms with van der Waals surface area (Å²) in [4.78, 5) is 23.1. The second-order valence-electron chi connectivity index (χ2n) is 5.81. The van der Waals surface area contributed by atoms with E-state index < -0.39 is 6.03 Å². The lowest BCUT2D eigenvalue weighted by atomic mass is 10.1. The maximum atomic E-state index is 12.3. The van der Waals surface area contributed by atoms with Crippen LogP contribution in [0, 0.1) is 0 Å². The Hall–Kier alpha value is -3.80. The predicted molar refractivity (Wildman–Crippen MR) is 104 cm³/mol. The summed E-state index contributed by atoms with van der Waals surface area (Å²) in [6.45, 7) is 0.367. The van der Waals surface area contributed by atoms with Crippen LogP contribution in [0.3, 0.4) is 0 Å². The Labute approximate surface area is 157 Å². The van der Waals surface area contributed by atoms with E-state index in [0.29, 0.717) is 23.5 Å². The fourth-order valence-electron chi connectivity index (χ4n) is 2.48. The van der Waals surface area contributed by atoms with Gasteiger partial charge in [-0.3, -0.25) is 4.79 Å². The summed E-state index contributed by atoms with van der Waals surface area (Å²) in [6, 6.07) is 22.9. The first kappa shape index (κ1) is 18.0. The molecule has 0 heterocycles. The van der Waals surface area contributed by atoms with E-state index in [0.717, 1.165) is 11.3 Å². The zero-order chi connectivity index (χ0) is 19.1. The highest BCUT2D eigenvalue weighted by Gasteiger charge is 2.06. The van der Waals surface area contributed by atoms with Crippen molar-refractivity contribution in [2.75, 3.05) is 5.32 Å². The average Bonchev–Trinajstić information content (AvgIpc) is 2.67. The van der Waals surface area contributed by atoms with Crippen LogP contribution in [0.4, 0.5) is 10.5 Å². The standard InChI is InChI=1S/C21H19N3O3/c22-21(26)24-17-11-9-16(10-12-17)20(25)23-14-15-5-4-8-19(13-15)27-18-6-2-1-3-7-18/h1-13H,14H2,(H,23,25)(H3,22,24,26). The van der Waals surface area contributed by atoms with E-state index in [9.17, 15) is 9.59 Å². The Balaban J connectivity index is 1.58. The highest BCUT2D eigenvalue weighted by molar-refractivity contribution is 5.95. The van der Waals surface area contributed by atoms with E-state index in [-0.39, 0.29) is 5.91 Å². The summed E-state index contributed by atoms with van der Waals surface area (Å²) in [6.07, 6.45) is 0. The topological polar surface area (TPSA) is 93.5 Å². The van der Waals surface area contributed by atoms with E-state index in [2.05, 4.69) is 10.6 Å². The number of anilines is 1. The van der Waals surface area contributed by atoms with Crippen LogP contribution in [0.1, 0.15) is 15.9 Å². The third-order valence-corrected chi connectivity index (χ3v) is 3.75. The summed E-state index contributed by atoms with van der Waals surface area (Å²) in [5, 5.41) is 5.31. The van der Waals surface area contributed by atoms with Crippen molar-refractivity contribution in [3.05, 3.63) is 90.0 Å². The SMILES string of the molecule is NC(=O)Nc1ccc(C(=O)NCc2cccc(Oc3ccccc3)c2)cc1. The van der Waals surface area contributed by atoms with Crippen LogP contribution in [-0.2, 0) is 6.54 Å². The van der Waals surface area contributed by atoms with Gasteiger partial charge in [0, 0.05) is 17.8 Å². The van der Waals surface area contributed by atoms with Gasteiger partial charge in [0.05, 0.1) is 0 Å². The number of carbonyl (C=O) groups is 2. The molecule has 3 rings (SSSR count). The molecule has 0 spiro atoms. The molecule has 0 aliphatic heterocycles. The molecule has 4 N–H and O–H groups in total. The van der Waals surface area contributed by atoms with Crippen LogP contribution in [0.25, 0.3) is 0 Å². The van der Waals surface area contributed by atoms with Crippen molar-refractivity contribution in [1.29, 1.82) is 0 Å². The molecule has 0 aromatic heterocycles. The van der Waals surface area contributed by atoms with Crippen molar-refractivity contribution in [1.82, 2.24) is 5.32 Å². The molecule has 0 saturated carbocycles. The lowest BCUT2D eigenvalue weighted by molar-refractivity contribution is 0.0951. The smallest absolute Gasteiger partial charge is 0.316 e. The lowest BCUT2D eigenvalue weighted by Crippen LogP contribution is -2.23. The second-order valence-corrected chi connectivity index (χ2v) is 5.81. The number of primary amides is 1. The molecule has 0 fully saturated rings. The number of nitrogens with one attached hydrogen (secondary N) is 2. The number of rotatable bonds is 6. The van der Waals surface area contributed by atoms with Crippen molar-refractivity contribution in [3.8, 4) is 11.5 Å². The summed E-state index contributed by atoms with van der Waals surface area (Å²) >= 11 is 0. The highest BCUT2D eigenvalue weighted by Crippen LogP contribution is 2.21. The van der Waals surface area contributed by atoms with Crippen LogP contribution in [0.2, 0.25) is 0 Å². The minimum absolute atomic E-state index is 0.213. The molecule has 0 bridgehead atoms. The molecule has 6 nitrogen and oxygen atoms in total. The largest absolute Gasteiger partial charge is 0.457 e. The lowest BCUT2D eigenvalue weighted by Gasteiger charge is -2.09. The summed E-state index contributed by atoms with van der Waals surface area (Å²) in [5.41, 5.74) is 7.00. The van der Waals surface area contributed by atoms with Crippen LogP contribution >= 0.6 is 0 Å². The zero-order valence-electron chi connectivity index (χ0n) is 14.5. The number of hydrogen-bond acceptors (Lipinski definition) is 3. The van der Waals surface area contributed by atoms with Gasteiger partial charge in [-0.2, -0.15) is 0 Å². The molecule has 27 heavy (non-hydrogen) atoms. The quantitative estimate of drug-likeness (QED) is 0.621. The van der Waals surface area contributed by atoms with Gasteiger partial charge in [-0.05, 0) is 54.1 Å². The highest BCUT2D eigenvalue weighted by atomic mass is 16.5. The fraction of sp³-hybridized carbons (Fsp3) is 0.0476. The number of benzene rings is 3. The number of para-hydroxylation sites is 1. The minimum Gasteiger partial charge on any atom is -0.457 e. The van der Waals surface area contributed by atoms with Crippen LogP contribution in [-0.4, -0.2) is 11.9 Å². The van der Waals surface area contributed by atoms with E-state index in [1.165, 1.54) is 0 Å². The Morgan fingerprint density at radius 2 is 1.56 bits per heavy atom. The molecule has 0 atom stereocenters. The monoisotopic (exact) mass is 361 g/mol. The Kier molecular flexibility index (Phi) is 5.69. The average molecular weight is 361 g/mol. The number of carbonyl (C=O) groups excluding carboxylic acids is 2.